The van der Waals surface area contributed by atoms with E-state index >= 15 is 0 Å². The van der Waals surface area contributed by atoms with Gasteiger partial charge in [0.15, 0.2) is 0 Å². The van der Waals surface area contributed by atoms with Gasteiger partial charge in [0.1, 0.15) is 0 Å². The Morgan fingerprint density at radius 1 is 1.44 bits per heavy atom. The molecule has 1 aromatic carbocycles. The minimum absolute atomic E-state index is 0.623. The Labute approximate surface area is 118 Å². The van der Waals surface area contributed by atoms with Crippen molar-refractivity contribution < 1.29 is 0 Å². The summed E-state index contributed by atoms with van der Waals surface area (Å²) in [7, 11) is 2.21. The highest BCUT2D eigenvalue weighted by Crippen LogP contribution is 2.15. The van der Waals surface area contributed by atoms with Crippen LogP contribution >= 0.6 is 15.9 Å². The Morgan fingerprint density at radius 3 is 3.06 bits per heavy atom. The largest absolute Gasteiger partial charge is 0.315 e. The maximum absolute atomic E-state index is 3.59. The molecule has 0 spiro atoms. The molecule has 1 aliphatic heterocycles. The van der Waals surface area contributed by atoms with Crippen molar-refractivity contribution in [3.05, 3.63) is 34.3 Å². The van der Waals surface area contributed by atoms with Crippen molar-refractivity contribution >= 4 is 15.9 Å². The molecule has 2 rings (SSSR count). The summed E-state index contributed by atoms with van der Waals surface area (Å²) in [5.74, 6) is 0. The summed E-state index contributed by atoms with van der Waals surface area (Å²) >= 11 is 3.59. The van der Waals surface area contributed by atoms with Gasteiger partial charge in [-0.15, -0.1) is 0 Å². The maximum Gasteiger partial charge on any atom is 0.0342 e. The molecular weight excluding hydrogens is 290 g/mol. The van der Waals surface area contributed by atoms with Crippen LogP contribution in [0.2, 0.25) is 0 Å². The second-order valence-electron chi connectivity index (χ2n) is 4.88. The normalized spacial score (nSPS) is 21.1. The van der Waals surface area contributed by atoms with Gasteiger partial charge in [0, 0.05) is 36.7 Å². The molecule has 0 aromatic heterocycles. The number of rotatable bonds is 5. The van der Waals surface area contributed by atoms with E-state index in [0.29, 0.717) is 6.04 Å². The van der Waals surface area contributed by atoms with Crippen LogP contribution in [0.15, 0.2) is 28.7 Å². The van der Waals surface area contributed by atoms with E-state index in [1.807, 2.05) is 0 Å². The molecule has 1 heterocycles. The van der Waals surface area contributed by atoms with Crippen LogP contribution in [0.1, 0.15) is 5.56 Å². The van der Waals surface area contributed by atoms with Gasteiger partial charge < -0.3 is 10.6 Å². The van der Waals surface area contributed by atoms with Gasteiger partial charge in [-0.25, -0.2) is 0 Å². The topological polar surface area (TPSA) is 27.3 Å². The molecule has 1 aromatic rings. The lowest BCUT2D eigenvalue weighted by molar-refractivity contribution is 0.196. The van der Waals surface area contributed by atoms with Crippen molar-refractivity contribution in [1.29, 1.82) is 0 Å². The summed E-state index contributed by atoms with van der Waals surface area (Å²) in [6.45, 7) is 5.46. The van der Waals surface area contributed by atoms with E-state index in [-0.39, 0.29) is 0 Å². The lowest BCUT2D eigenvalue weighted by Crippen LogP contribution is -2.53. The smallest absolute Gasteiger partial charge is 0.0342 e. The predicted molar refractivity (Wildman–Crippen MR) is 80.0 cm³/mol. The van der Waals surface area contributed by atoms with E-state index in [9.17, 15) is 0 Å². The van der Waals surface area contributed by atoms with Gasteiger partial charge in [0.2, 0.25) is 0 Å². The Bertz CT molecular complexity index is 370. The number of halogens is 1. The third-order valence-corrected chi connectivity index (χ3v) is 4.33. The van der Waals surface area contributed by atoms with Crippen LogP contribution < -0.4 is 10.6 Å². The van der Waals surface area contributed by atoms with Crippen molar-refractivity contribution in [3.8, 4) is 0 Å². The van der Waals surface area contributed by atoms with E-state index in [2.05, 4.69) is 62.8 Å². The molecule has 0 aliphatic carbocycles. The van der Waals surface area contributed by atoms with Crippen molar-refractivity contribution in [1.82, 2.24) is 15.5 Å². The minimum Gasteiger partial charge on any atom is -0.315 e. The fourth-order valence-electron chi connectivity index (χ4n) is 2.28. The zero-order valence-electron chi connectivity index (χ0n) is 11.0. The van der Waals surface area contributed by atoms with Gasteiger partial charge in [-0.3, -0.25) is 4.90 Å². The SMILES string of the molecule is CN1CCNCC1CNCCc1ccccc1Br. The zero-order chi connectivity index (χ0) is 12.8. The first kappa shape index (κ1) is 14.0. The van der Waals surface area contributed by atoms with Crippen LogP contribution in [0, 0.1) is 0 Å². The van der Waals surface area contributed by atoms with Crippen molar-refractivity contribution in [2.75, 3.05) is 39.8 Å². The fraction of sp³-hybridized carbons (Fsp3) is 0.571. The lowest BCUT2D eigenvalue weighted by atomic mass is 10.1. The average molecular weight is 312 g/mol. The van der Waals surface area contributed by atoms with Gasteiger partial charge in [0.05, 0.1) is 0 Å². The summed E-state index contributed by atoms with van der Waals surface area (Å²) in [5.41, 5.74) is 1.38. The summed E-state index contributed by atoms with van der Waals surface area (Å²) in [4.78, 5) is 2.43. The van der Waals surface area contributed by atoms with Crippen LogP contribution in [0.5, 0.6) is 0 Å². The van der Waals surface area contributed by atoms with E-state index < -0.39 is 0 Å². The number of nitrogens with one attached hydrogen (secondary N) is 2. The lowest BCUT2D eigenvalue weighted by Gasteiger charge is -2.33. The average Bonchev–Trinajstić information content (AvgIpc) is 2.38. The number of piperazine rings is 1. The highest BCUT2D eigenvalue weighted by molar-refractivity contribution is 9.10. The monoisotopic (exact) mass is 311 g/mol. The van der Waals surface area contributed by atoms with E-state index in [4.69, 9.17) is 0 Å². The highest BCUT2D eigenvalue weighted by Gasteiger charge is 2.17. The standard InChI is InChI=1S/C14H22BrN3/c1-18-9-8-17-11-13(18)10-16-7-6-12-4-2-3-5-14(12)15/h2-5,13,16-17H,6-11H2,1H3. The first-order valence-corrected chi connectivity index (χ1v) is 7.42. The number of hydrogen-bond acceptors (Lipinski definition) is 3. The van der Waals surface area contributed by atoms with Gasteiger partial charge >= 0.3 is 0 Å². The van der Waals surface area contributed by atoms with Crippen LogP contribution in [-0.2, 0) is 6.42 Å². The Balaban J connectivity index is 1.68. The molecule has 1 atom stereocenters. The van der Waals surface area contributed by atoms with Crippen LogP contribution in [0.4, 0.5) is 0 Å². The molecule has 1 aliphatic rings. The van der Waals surface area contributed by atoms with Gasteiger partial charge in [-0.1, -0.05) is 34.1 Å². The minimum atomic E-state index is 0.623. The Hall–Kier alpha value is -0.420. The molecule has 18 heavy (non-hydrogen) atoms. The van der Waals surface area contributed by atoms with Crippen molar-refractivity contribution in [2.24, 2.45) is 0 Å². The van der Waals surface area contributed by atoms with Crippen molar-refractivity contribution in [3.63, 3.8) is 0 Å². The first-order valence-electron chi connectivity index (χ1n) is 6.62. The van der Waals surface area contributed by atoms with Crippen LogP contribution in [-0.4, -0.2) is 50.7 Å². The Morgan fingerprint density at radius 2 is 2.28 bits per heavy atom. The summed E-state index contributed by atoms with van der Waals surface area (Å²) in [6, 6.07) is 9.06. The van der Waals surface area contributed by atoms with Gasteiger partial charge in [0.25, 0.3) is 0 Å². The first-order chi connectivity index (χ1) is 8.77. The molecule has 100 valence electrons. The highest BCUT2D eigenvalue weighted by atomic mass is 79.9. The van der Waals surface area contributed by atoms with E-state index in [1.165, 1.54) is 10.0 Å². The molecule has 4 heteroatoms. The third kappa shape index (κ3) is 4.05. The summed E-state index contributed by atoms with van der Waals surface area (Å²) in [6.07, 6.45) is 1.07. The number of nitrogens with zero attached hydrogens (tertiary/aromatic N) is 1. The van der Waals surface area contributed by atoms with Crippen LogP contribution in [0.3, 0.4) is 0 Å². The Kier molecular flexibility index (Phi) is 5.63. The molecular formula is C14H22BrN3. The molecule has 0 amide bonds. The molecule has 0 saturated carbocycles. The predicted octanol–water partition coefficient (Wildman–Crippen LogP) is 1.48. The fourth-order valence-corrected chi connectivity index (χ4v) is 2.77. The molecule has 1 fully saturated rings. The zero-order valence-corrected chi connectivity index (χ0v) is 12.5. The van der Waals surface area contributed by atoms with Crippen molar-refractivity contribution in [2.45, 2.75) is 12.5 Å². The molecule has 1 saturated heterocycles. The number of likely N-dealkylation sites (N-methyl/N-ethyl adjacent to an activating group) is 1. The van der Waals surface area contributed by atoms with Gasteiger partial charge in [-0.2, -0.15) is 0 Å². The van der Waals surface area contributed by atoms with E-state index in [0.717, 1.165) is 39.1 Å². The molecule has 2 N–H and O–H groups in total. The molecule has 1 unspecified atom stereocenters. The summed E-state index contributed by atoms with van der Waals surface area (Å²) in [5, 5.41) is 7.00. The quantitative estimate of drug-likeness (QED) is 0.807. The molecule has 0 radical (unpaired) electrons. The molecule has 0 bridgehead atoms. The summed E-state index contributed by atoms with van der Waals surface area (Å²) < 4.78 is 1.21. The second kappa shape index (κ2) is 7.24. The molecule has 3 nitrogen and oxygen atoms in total. The number of hydrogen-bond donors (Lipinski definition) is 2. The third-order valence-electron chi connectivity index (χ3n) is 3.55. The van der Waals surface area contributed by atoms with Gasteiger partial charge in [-0.05, 0) is 31.6 Å². The van der Waals surface area contributed by atoms with E-state index in [1.54, 1.807) is 0 Å². The van der Waals surface area contributed by atoms with Crippen LogP contribution in [0.25, 0.3) is 0 Å². The number of benzene rings is 1. The second-order valence-corrected chi connectivity index (χ2v) is 5.74. The maximum atomic E-state index is 3.59.